The molecule has 0 unspecified atom stereocenters. The molecule has 1 aliphatic heterocycles. The van der Waals surface area contributed by atoms with E-state index in [0.717, 1.165) is 26.9 Å². The summed E-state index contributed by atoms with van der Waals surface area (Å²) in [4.78, 5) is 28.3. The molecule has 2 heterocycles. The lowest BCUT2D eigenvalue weighted by molar-refractivity contribution is 0.0186. The van der Waals surface area contributed by atoms with Crippen molar-refractivity contribution in [2.75, 3.05) is 18.8 Å². The number of nitrogens with two attached hydrogens (primary N) is 1. The molecule has 1 aromatic carbocycles. The number of ether oxygens (including phenoxy) is 1. The normalized spacial score (nSPS) is 17.1. The van der Waals surface area contributed by atoms with Gasteiger partial charge in [0.05, 0.1) is 5.69 Å². The lowest BCUT2D eigenvalue weighted by Gasteiger charge is -2.34. The van der Waals surface area contributed by atoms with Crippen LogP contribution in [0.1, 0.15) is 43.3 Å². The monoisotopic (exact) mass is 527 g/mol. The Hall–Kier alpha value is -1.81. The Morgan fingerprint density at radius 1 is 1.31 bits per heavy atom. The van der Waals surface area contributed by atoms with Crippen LogP contribution < -0.4 is 11.1 Å². The lowest BCUT2D eigenvalue weighted by atomic mass is 10.1. The lowest BCUT2D eigenvalue weighted by Crippen LogP contribution is -2.50. The second-order valence-electron chi connectivity index (χ2n) is 8.14. The number of carbonyl (C=O) groups excluding carboxylic acids is 2. The van der Waals surface area contributed by atoms with E-state index in [2.05, 4.69) is 34.0 Å². The molecular weight excluding hydrogens is 501 g/mol. The van der Waals surface area contributed by atoms with Crippen molar-refractivity contribution in [1.82, 2.24) is 10.2 Å². The molecule has 3 rings (SSSR count). The fourth-order valence-electron chi connectivity index (χ4n) is 3.20. The summed E-state index contributed by atoms with van der Waals surface area (Å²) in [6.07, 6.45) is 1.30. The minimum atomic E-state index is -0.537. The van der Waals surface area contributed by atoms with E-state index in [4.69, 9.17) is 10.5 Å². The second-order valence-corrected chi connectivity index (χ2v) is 10.4. The van der Waals surface area contributed by atoms with Crippen LogP contribution in [-0.2, 0) is 4.74 Å². The molecule has 8 heteroatoms. The molecule has 2 amide bonds. The summed E-state index contributed by atoms with van der Waals surface area (Å²) in [6.45, 7) is 6.62. The highest BCUT2D eigenvalue weighted by atomic mass is 127. The summed E-state index contributed by atoms with van der Waals surface area (Å²) in [5.74, 6) is -0.194. The number of nitrogens with one attached hydrogen (secondary N) is 1. The molecule has 3 N–H and O–H groups in total. The maximum Gasteiger partial charge on any atom is 0.410 e. The van der Waals surface area contributed by atoms with Gasteiger partial charge in [0.1, 0.15) is 10.5 Å². The van der Waals surface area contributed by atoms with Gasteiger partial charge in [-0.1, -0.05) is 12.1 Å². The first-order valence-electron chi connectivity index (χ1n) is 9.56. The fraction of sp³-hybridized carbons (Fsp3) is 0.429. The fourth-order valence-corrected chi connectivity index (χ4v) is 4.73. The van der Waals surface area contributed by atoms with Crippen LogP contribution in [0.25, 0.3) is 10.4 Å². The largest absolute Gasteiger partial charge is 0.444 e. The number of likely N-dealkylation sites (tertiary alicyclic amines) is 1. The van der Waals surface area contributed by atoms with Crippen molar-refractivity contribution in [3.63, 3.8) is 0 Å². The number of thiophene rings is 1. The van der Waals surface area contributed by atoms with E-state index >= 15 is 0 Å². The molecule has 0 saturated carbocycles. The SMILES string of the molecule is CC(C)(C)OC(=O)N1CCC[C@H](NC(=O)c2sc(-c3cccc(I)c3)cc2N)C1. The summed E-state index contributed by atoms with van der Waals surface area (Å²) in [5, 5.41) is 3.04. The van der Waals surface area contributed by atoms with Crippen molar-refractivity contribution in [2.45, 2.75) is 45.3 Å². The maximum absolute atomic E-state index is 12.8. The van der Waals surface area contributed by atoms with E-state index in [0.29, 0.717) is 23.7 Å². The van der Waals surface area contributed by atoms with Crippen LogP contribution in [0, 0.1) is 3.57 Å². The third-order valence-corrected chi connectivity index (χ3v) is 6.35. The molecule has 6 nitrogen and oxygen atoms in total. The number of hydrogen-bond donors (Lipinski definition) is 2. The Morgan fingerprint density at radius 2 is 2.07 bits per heavy atom. The van der Waals surface area contributed by atoms with Crippen LogP contribution >= 0.6 is 33.9 Å². The Balaban J connectivity index is 1.66. The van der Waals surface area contributed by atoms with Gasteiger partial charge < -0.3 is 20.7 Å². The molecule has 1 saturated heterocycles. The highest BCUT2D eigenvalue weighted by Gasteiger charge is 2.29. The molecule has 0 aliphatic carbocycles. The van der Waals surface area contributed by atoms with Crippen molar-refractivity contribution in [1.29, 1.82) is 0 Å². The summed E-state index contributed by atoms with van der Waals surface area (Å²) in [6, 6.07) is 9.81. The molecule has 2 aromatic rings. The van der Waals surface area contributed by atoms with Crippen LogP contribution in [-0.4, -0.2) is 41.6 Å². The van der Waals surface area contributed by atoms with Gasteiger partial charge >= 0.3 is 6.09 Å². The number of carbonyl (C=O) groups is 2. The Kier molecular flexibility index (Phi) is 6.72. The van der Waals surface area contributed by atoms with Gasteiger partial charge in [-0.15, -0.1) is 11.3 Å². The number of amides is 2. The molecule has 0 radical (unpaired) electrons. The average Bonchev–Trinajstić information content (AvgIpc) is 3.02. The Bertz CT molecular complexity index is 907. The highest BCUT2D eigenvalue weighted by Crippen LogP contribution is 2.34. The standard InChI is InChI=1S/C21H26IN3O3S/c1-21(2,3)28-20(27)25-9-5-8-15(12-25)24-19(26)18-16(23)11-17(29-18)13-6-4-7-14(22)10-13/h4,6-7,10-11,15H,5,8-9,12,23H2,1-3H3,(H,24,26)/t15-/m0/s1. The van der Waals surface area contributed by atoms with E-state index < -0.39 is 5.60 Å². The van der Waals surface area contributed by atoms with Gasteiger partial charge in [-0.05, 0) is 80.0 Å². The number of hydrogen-bond acceptors (Lipinski definition) is 5. The minimum absolute atomic E-state index is 0.119. The molecule has 1 aromatic heterocycles. The van der Waals surface area contributed by atoms with Gasteiger partial charge in [-0.2, -0.15) is 0 Å². The van der Waals surface area contributed by atoms with E-state index in [1.165, 1.54) is 11.3 Å². The van der Waals surface area contributed by atoms with Crippen molar-refractivity contribution >= 4 is 51.6 Å². The molecular formula is C21H26IN3O3S. The van der Waals surface area contributed by atoms with Crippen molar-refractivity contribution < 1.29 is 14.3 Å². The molecule has 1 aliphatic rings. The van der Waals surface area contributed by atoms with Crippen LogP contribution in [0.2, 0.25) is 0 Å². The van der Waals surface area contributed by atoms with Gasteiger partial charge in [0, 0.05) is 27.6 Å². The van der Waals surface area contributed by atoms with E-state index in [1.807, 2.05) is 45.0 Å². The van der Waals surface area contributed by atoms with Crippen LogP contribution in [0.4, 0.5) is 10.5 Å². The quantitative estimate of drug-likeness (QED) is 0.566. The average molecular weight is 527 g/mol. The number of anilines is 1. The zero-order chi connectivity index (χ0) is 21.2. The first kappa shape index (κ1) is 21.9. The van der Waals surface area contributed by atoms with Gasteiger partial charge in [0.25, 0.3) is 5.91 Å². The van der Waals surface area contributed by atoms with E-state index in [9.17, 15) is 9.59 Å². The number of nitrogens with zero attached hydrogens (tertiary/aromatic N) is 1. The predicted molar refractivity (Wildman–Crippen MR) is 125 cm³/mol. The van der Waals surface area contributed by atoms with Gasteiger partial charge in [-0.25, -0.2) is 4.79 Å². The molecule has 156 valence electrons. The van der Waals surface area contributed by atoms with Crippen molar-refractivity contribution in [3.05, 3.63) is 38.8 Å². The van der Waals surface area contributed by atoms with Gasteiger partial charge in [0.2, 0.25) is 0 Å². The first-order valence-corrected chi connectivity index (χ1v) is 11.5. The number of piperidine rings is 1. The van der Waals surface area contributed by atoms with Gasteiger partial charge in [-0.3, -0.25) is 4.79 Å². The summed E-state index contributed by atoms with van der Waals surface area (Å²) >= 11 is 3.65. The summed E-state index contributed by atoms with van der Waals surface area (Å²) in [5.41, 5.74) is 7.11. The van der Waals surface area contributed by atoms with Crippen LogP contribution in [0.15, 0.2) is 30.3 Å². The van der Waals surface area contributed by atoms with Crippen LogP contribution in [0.5, 0.6) is 0 Å². The molecule has 29 heavy (non-hydrogen) atoms. The highest BCUT2D eigenvalue weighted by molar-refractivity contribution is 14.1. The number of benzene rings is 1. The molecule has 0 bridgehead atoms. The van der Waals surface area contributed by atoms with Crippen LogP contribution in [0.3, 0.4) is 0 Å². The van der Waals surface area contributed by atoms with Gasteiger partial charge in [0.15, 0.2) is 0 Å². The third kappa shape index (κ3) is 5.85. The smallest absolute Gasteiger partial charge is 0.410 e. The summed E-state index contributed by atoms with van der Waals surface area (Å²) < 4.78 is 6.58. The Labute approximate surface area is 188 Å². The van der Waals surface area contributed by atoms with Crippen molar-refractivity contribution in [2.24, 2.45) is 0 Å². The zero-order valence-electron chi connectivity index (χ0n) is 16.8. The molecule has 1 fully saturated rings. The number of halogens is 1. The second kappa shape index (κ2) is 8.91. The van der Waals surface area contributed by atoms with Crippen molar-refractivity contribution in [3.8, 4) is 10.4 Å². The number of nitrogen functional groups attached to an aromatic ring is 1. The third-order valence-electron chi connectivity index (χ3n) is 4.48. The predicted octanol–water partition coefficient (Wildman–Crippen LogP) is 4.73. The van der Waals surface area contributed by atoms with E-state index in [-0.39, 0.29) is 18.0 Å². The number of rotatable bonds is 3. The summed E-state index contributed by atoms with van der Waals surface area (Å²) in [7, 11) is 0. The molecule has 0 spiro atoms. The zero-order valence-corrected chi connectivity index (χ0v) is 19.8. The van der Waals surface area contributed by atoms with E-state index in [1.54, 1.807) is 4.90 Å². The maximum atomic E-state index is 12.8. The topological polar surface area (TPSA) is 84.7 Å². The minimum Gasteiger partial charge on any atom is -0.444 e. The first-order chi connectivity index (χ1) is 13.6. The molecule has 1 atom stereocenters. The Morgan fingerprint density at radius 3 is 2.76 bits per heavy atom.